The molecule has 9 nitrogen and oxygen atoms in total. The van der Waals surface area contributed by atoms with Crippen molar-refractivity contribution in [2.24, 2.45) is 5.92 Å². The van der Waals surface area contributed by atoms with Crippen LogP contribution >= 0.6 is 11.6 Å². The lowest BCUT2D eigenvalue weighted by Gasteiger charge is -2.46. The summed E-state index contributed by atoms with van der Waals surface area (Å²) in [5, 5.41) is -0.322. The van der Waals surface area contributed by atoms with E-state index in [0.29, 0.717) is 38.2 Å². The van der Waals surface area contributed by atoms with Crippen molar-refractivity contribution in [3.05, 3.63) is 35.3 Å². The first-order valence-electron chi connectivity index (χ1n) is 13.7. The van der Waals surface area contributed by atoms with Gasteiger partial charge in [0.2, 0.25) is 6.67 Å². The van der Waals surface area contributed by atoms with Crippen LogP contribution in [0.25, 0.3) is 0 Å². The maximum absolute atomic E-state index is 12.9. The first-order chi connectivity index (χ1) is 18.3. The van der Waals surface area contributed by atoms with E-state index >= 15 is 0 Å². The number of ether oxygens (including phenoxy) is 3. The Labute approximate surface area is 239 Å². The minimum atomic E-state index is -3.39. The molecule has 1 aliphatic carbocycles. The van der Waals surface area contributed by atoms with Gasteiger partial charge in [0.15, 0.2) is 9.84 Å². The van der Waals surface area contributed by atoms with Gasteiger partial charge in [0, 0.05) is 19.0 Å². The molecule has 3 rings (SSSR count). The number of hydrogen-bond donors (Lipinski definition) is 0. The number of piperidine rings is 1. The monoisotopic (exact) mass is 586 g/mol. The van der Waals surface area contributed by atoms with Crippen LogP contribution in [0.2, 0.25) is 0 Å². The molecule has 1 saturated carbocycles. The van der Waals surface area contributed by atoms with Crippen LogP contribution in [0.15, 0.2) is 35.3 Å². The topological polar surface area (TPSA) is 88.4 Å². The summed E-state index contributed by atoms with van der Waals surface area (Å²) in [6, 6.07) is 0. The molecule has 2 heterocycles. The first kappa shape index (κ1) is 31.6. The van der Waals surface area contributed by atoms with Crippen LogP contribution in [-0.2, 0) is 24.0 Å². The van der Waals surface area contributed by atoms with Gasteiger partial charge in [-0.15, -0.1) is 11.6 Å². The lowest BCUT2D eigenvalue weighted by molar-refractivity contribution is -0.552. The van der Waals surface area contributed by atoms with Crippen molar-refractivity contribution in [1.82, 2.24) is 9.80 Å². The Morgan fingerprint density at radius 3 is 2.44 bits per heavy atom. The average Bonchev–Trinajstić information content (AvgIpc) is 3.73. The Hall–Kier alpha value is -1.88. The lowest BCUT2D eigenvalue weighted by atomic mass is 9.94. The molecule has 1 saturated heterocycles. The van der Waals surface area contributed by atoms with Gasteiger partial charge in [0.25, 0.3) is 0 Å². The van der Waals surface area contributed by atoms with Crippen LogP contribution in [0, 0.1) is 5.92 Å². The molecule has 2 fully saturated rings. The van der Waals surface area contributed by atoms with Crippen molar-refractivity contribution in [1.29, 1.82) is 0 Å². The number of rotatable bonds is 10. The number of nitrogens with zero attached hydrogens (tertiary/aromatic N) is 3. The van der Waals surface area contributed by atoms with Gasteiger partial charge in [0.1, 0.15) is 25.3 Å². The zero-order chi connectivity index (χ0) is 29.0. The Morgan fingerprint density at radius 1 is 1.26 bits per heavy atom. The summed E-state index contributed by atoms with van der Waals surface area (Å²) in [7, 11) is 0.595. The van der Waals surface area contributed by atoms with Gasteiger partial charge < -0.3 is 19.1 Å². The molecule has 0 bridgehead atoms. The Morgan fingerprint density at radius 2 is 1.90 bits per heavy atom. The van der Waals surface area contributed by atoms with E-state index in [2.05, 4.69) is 25.3 Å². The third-order valence-corrected chi connectivity index (χ3v) is 10.3. The Kier molecular flexibility index (Phi) is 10.7. The standard InChI is InChI=1S/C28H45ClN3O6S/c1-8-9-25(39(34,35)24-10-11-24)16-22(17-29)18-36-26-21(4)28(5,31(7)19-30(26)6)38-23-12-14-32(15-13-23)27(33)37-20(2)3/h8-9,16,20-21,23-24H,1,10-15,17-19H2,2-7H3/q+1. The Balaban J connectivity index is 1.68. The third kappa shape index (κ3) is 7.65. The predicted octanol–water partition coefficient (Wildman–Crippen LogP) is 4.14. The largest absolute Gasteiger partial charge is 0.447 e. The SMILES string of the molecule is C=CC=C(C=C(CCl)COC1=[N+](C)CN(C)C(C)(OC2CCN(C(=O)OC(C)C)CC2)C1C)S(=O)(=O)C1CC1. The zero-order valence-corrected chi connectivity index (χ0v) is 25.8. The van der Waals surface area contributed by atoms with Gasteiger partial charge in [0.05, 0.1) is 22.4 Å². The number of allylic oxidation sites excluding steroid dienone is 3. The van der Waals surface area contributed by atoms with Crippen molar-refractivity contribution in [3.63, 3.8) is 0 Å². The van der Waals surface area contributed by atoms with Crippen LogP contribution in [-0.4, -0.2) is 104 Å². The second-order valence-electron chi connectivity index (χ2n) is 11.2. The summed E-state index contributed by atoms with van der Waals surface area (Å²) in [4.78, 5) is 16.4. The van der Waals surface area contributed by atoms with E-state index in [9.17, 15) is 13.2 Å². The maximum Gasteiger partial charge on any atom is 0.410 e. The fourth-order valence-corrected chi connectivity index (χ4v) is 6.93. The van der Waals surface area contributed by atoms with Crippen LogP contribution in [0.3, 0.4) is 0 Å². The predicted molar refractivity (Wildman–Crippen MR) is 154 cm³/mol. The van der Waals surface area contributed by atoms with Gasteiger partial charge in [-0.05, 0) is 78.2 Å². The maximum atomic E-state index is 12.9. The summed E-state index contributed by atoms with van der Waals surface area (Å²) < 4.78 is 46.1. The molecule has 220 valence electrons. The van der Waals surface area contributed by atoms with E-state index in [-0.39, 0.29) is 46.9 Å². The number of likely N-dealkylation sites (tertiary alicyclic amines) is 1. The minimum Gasteiger partial charge on any atom is -0.447 e. The fraction of sp³-hybridized carbons (Fsp3) is 0.714. The van der Waals surface area contributed by atoms with E-state index in [1.54, 1.807) is 11.0 Å². The highest BCUT2D eigenvalue weighted by Gasteiger charge is 2.50. The Bertz CT molecular complexity index is 1110. The molecule has 2 aliphatic heterocycles. The van der Waals surface area contributed by atoms with E-state index < -0.39 is 15.6 Å². The fourth-order valence-electron chi connectivity index (χ4n) is 5.01. The summed E-state index contributed by atoms with van der Waals surface area (Å²) in [5.41, 5.74) is 0.0329. The van der Waals surface area contributed by atoms with E-state index in [1.165, 1.54) is 12.2 Å². The van der Waals surface area contributed by atoms with Crippen molar-refractivity contribution in [2.45, 2.75) is 76.6 Å². The summed E-state index contributed by atoms with van der Waals surface area (Å²) in [5.74, 6) is 0.773. The molecule has 0 N–H and O–H groups in total. The lowest BCUT2D eigenvalue weighted by Crippen LogP contribution is -2.62. The number of carbonyl (C=O) groups excluding carboxylic acids is 1. The molecule has 2 atom stereocenters. The van der Waals surface area contributed by atoms with E-state index in [4.69, 9.17) is 25.8 Å². The van der Waals surface area contributed by atoms with Crippen molar-refractivity contribution in [2.75, 3.05) is 46.3 Å². The average molecular weight is 587 g/mol. The quantitative estimate of drug-likeness (QED) is 0.216. The molecule has 2 unspecified atom stereocenters. The molecule has 0 spiro atoms. The second-order valence-corrected chi connectivity index (χ2v) is 13.7. The van der Waals surface area contributed by atoms with Gasteiger partial charge in [-0.3, -0.25) is 0 Å². The highest BCUT2D eigenvalue weighted by molar-refractivity contribution is 7.96. The third-order valence-electron chi connectivity index (χ3n) is 7.67. The molecule has 0 aromatic rings. The van der Waals surface area contributed by atoms with Gasteiger partial charge in [-0.25, -0.2) is 18.1 Å². The van der Waals surface area contributed by atoms with Gasteiger partial charge >= 0.3 is 12.0 Å². The normalized spacial score (nSPS) is 26.3. The highest BCUT2D eigenvalue weighted by atomic mass is 35.5. The van der Waals surface area contributed by atoms with Crippen molar-refractivity contribution in [3.8, 4) is 0 Å². The van der Waals surface area contributed by atoms with E-state index in [0.717, 1.165) is 18.7 Å². The smallest absolute Gasteiger partial charge is 0.410 e. The zero-order valence-electron chi connectivity index (χ0n) is 24.2. The summed E-state index contributed by atoms with van der Waals surface area (Å²) in [6.07, 6.45) is 7.02. The number of carbonyl (C=O) groups is 1. The number of hydrogen-bond acceptors (Lipinski definition) is 7. The van der Waals surface area contributed by atoms with Crippen LogP contribution in [0.1, 0.15) is 53.4 Å². The molecule has 3 aliphatic rings. The number of alkyl halides is 1. The number of halogens is 1. The molecule has 0 aromatic carbocycles. The van der Waals surface area contributed by atoms with Crippen LogP contribution in [0.5, 0.6) is 0 Å². The van der Waals surface area contributed by atoms with Crippen LogP contribution < -0.4 is 0 Å². The number of amides is 1. The summed E-state index contributed by atoms with van der Waals surface area (Å²) in [6.45, 7) is 13.4. The molecular weight excluding hydrogens is 542 g/mol. The first-order valence-corrected chi connectivity index (χ1v) is 15.8. The number of sulfone groups is 1. The second kappa shape index (κ2) is 13.2. The van der Waals surface area contributed by atoms with Crippen molar-refractivity contribution >= 4 is 33.4 Å². The minimum absolute atomic E-state index is 0.00909. The molecule has 39 heavy (non-hydrogen) atoms. The van der Waals surface area contributed by atoms with Crippen LogP contribution in [0.4, 0.5) is 4.79 Å². The molecule has 0 aromatic heterocycles. The highest BCUT2D eigenvalue weighted by Crippen LogP contribution is 2.35. The van der Waals surface area contributed by atoms with Gasteiger partial charge in [-0.2, -0.15) is 4.58 Å². The summed E-state index contributed by atoms with van der Waals surface area (Å²) >= 11 is 6.23. The van der Waals surface area contributed by atoms with E-state index in [1.807, 2.05) is 32.5 Å². The molecule has 1 amide bonds. The molecule has 11 heteroatoms. The molecular formula is C28H45ClN3O6S+. The van der Waals surface area contributed by atoms with Gasteiger partial charge in [-0.1, -0.05) is 12.7 Å². The van der Waals surface area contributed by atoms with Crippen molar-refractivity contribution < 1.29 is 32.0 Å². The molecule has 0 radical (unpaired) electrons.